The summed E-state index contributed by atoms with van der Waals surface area (Å²) in [6.45, 7) is 3.41. The van der Waals surface area contributed by atoms with Crippen molar-refractivity contribution < 1.29 is 79.4 Å². The van der Waals surface area contributed by atoms with E-state index in [0.717, 1.165) is 29.1 Å². The number of benzene rings is 8. The number of nitrogens with zero attached hydrogens (tertiary/aromatic N) is 11. The largest absolute Gasteiger partial charge is 0.505 e. The van der Waals surface area contributed by atoms with Gasteiger partial charge in [0, 0.05) is 28.3 Å². The molecule has 6 N–H and O–H groups in total. The first-order valence-corrected chi connectivity index (χ1v) is 29.9. The van der Waals surface area contributed by atoms with E-state index in [-0.39, 0.29) is 66.8 Å². The van der Waals surface area contributed by atoms with Crippen LogP contribution in [0, 0.1) is 13.8 Å². The Bertz CT molecular complexity index is 4920. The zero-order valence-electron chi connectivity index (χ0n) is 42.0. The summed E-state index contributed by atoms with van der Waals surface area (Å²) in [5, 5.41) is 53.2. The van der Waals surface area contributed by atoms with Crippen LogP contribution in [0.5, 0.6) is 17.2 Å². The third kappa shape index (κ3) is 12.0. The van der Waals surface area contributed by atoms with E-state index in [1.807, 2.05) is 0 Å². The van der Waals surface area contributed by atoms with Crippen LogP contribution in [0.4, 0.5) is 45.5 Å². The number of phenolic OH excluding ortho intramolecular Hbond substituents is 1. The second-order valence-electron chi connectivity index (χ2n) is 17.4. The summed E-state index contributed by atoms with van der Waals surface area (Å²) < 4.78 is 181. The molecule has 0 aliphatic rings. The number of fused-ring (bicyclic) bond motifs is 4. The number of hydrogen-bond donors (Lipinski definition) is 6. The number of azo groups is 4. The molecular weight excluding hydrogens is 1180 g/mol. The Morgan fingerprint density at radius 3 is 1.46 bits per heavy atom. The number of phenols is 1. The molecule has 34 heteroatoms. The van der Waals surface area contributed by atoms with Gasteiger partial charge in [-0.1, -0.05) is 6.07 Å². The van der Waals surface area contributed by atoms with Crippen molar-refractivity contribution in [2.24, 2.45) is 40.9 Å². The first-order valence-electron chi connectivity index (χ1n) is 22.7. The predicted molar refractivity (Wildman–Crippen MR) is 290 cm³/mol. The van der Waals surface area contributed by atoms with Crippen molar-refractivity contribution in [3.05, 3.63) is 126 Å². The summed E-state index contributed by atoms with van der Waals surface area (Å²) >= 11 is 0. The molecule has 0 spiro atoms. The standard InChI is InChI=1S/C48H37N11O18S5/c1-24-15-28(5-11-35(24)51-49-27-6-12-36(25(2)16-27)52-53-37-13-8-30(78(61,62)63)20-44(37)81(70,71)72)50-54-39-22-42(77-4)40(23-41(39)76-3)55-56-47-45(82(73,74)75)18-26-17-29(7-9-32(26)48(47)60)59-57-38-14-10-33-34(46(38)58-59)19-31(79(64,65)66)21-43(33)80(67,68)69/h5-23,60H,1-4H3,(H,61,62,63)(H,64,65,66)(H,67,68,69)(H,70,71,72)(H,73,74,75). The molecule has 422 valence electrons. The second kappa shape index (κ2) is 21.5. The van der Waals surface area contributed by atoms with E-state index < -0.39 is 92.2 Å². The molecule has 0 atom stereocenters. The van der Waals surface area contributed by atoms with Crippen LogP contribution in [0.1, 0.15) is 11.1 Å². The highest BCUT2D eigenvalue weighted by Gasteiger charge is 2.26. The molecule has 0 bridgehead atoms. The van der Waals surface area contributed by atoms with Gasteiger partial charge in [0.2, 0.25) is 0 Å². The maximum atomic E-state index is 12.8. The molecule has 29 nitrogen and oxygen atoms in total. The summed E-state index contributed by atoms with van der Waals surface area (Å²) in [7, 11) is -22.3. The summed E-state index contributed by atoms with van der Waals surface area (Å²) in [6.07, 6.45) is 0. The van der Waals surface area contributed by atoms with Gasteiger partial charge in [-0.25, -0.2) is 0 Å². The molecule has 8 aromatic carbocycles. The van der Waals surface area contributed by atoms with Crippen molar-refractivity contribution in [2.45, 2.75) is 38.3 Å². The van der Waals surface area contributed by atoms with Crippen molar-refractivity contribution in [3.8, 4) is 22.9 Å². The van der Waals surface area contributed by atoms with Gasteiger partial charge in [-0.3, -0.25) is 22.8 Å². The quantitative estimate of drug-likeness (QED) is 0.0386. The molecule has 9 rings (SSSR count). The Kier molecular flexibility index (Phi) is 15.1. The fraction of sp³-hybridized carbons (Fsp3) is 0.0833. The maximum absolute atomic E-state index is 12.8. The number of ether oxygens (including phenoxy) is 2. The van der Waals surface area contributed by atoms with E-state index in [2.05, 4.69) is 51.1 Å². The number of hydrogen-bond acceptors (Lipinski definition) is 23. The molecule has 0 unspecified atom stereocenters. The third-order valence-electron chi connectivity index (χ3n) is 12.0. The normalized spacial score (nSPS) is 13.0. The zero-order valence-corrected chi connectivity index (χ0v) is 46.1. The van der Waals surface area contributed by atoms with Crippen LogP contribution in [0.2, 0.25) is 0 Å². The van der Waals surface area contributed by atoms with Gasteiger partial charge in [0.15, 0.2) is 5.75 Å². The number of aryl methyl sites for hydroxylation is 2. The highest BCUT2D eigenvalue weighted by molar-refractivity contribution is 7.87. The lowest BCUT2D eigenvalue weighted by molar-refractivity contribution is 0.405. The van der Waals surface area contributed by atoms with Gasteiger partial charge in [-0.2, -0.15) is 67.3 Å². The van der Waals surface area contributed by atoms with Gasteiger partial charge < -0.3 is 14.6 Å². The summed E-state index contributed by atoms with van der Waals surface area (Å²) in [5.74, 6) is -0.610. The average molecular weight is 1220 g/mol. The minimum Gasteiger partial charge on any atom is -0.505 e. The lowest BCUT2D eigenvalue weighted by Crippen LogP contribution is -2.04. The minimum atomic E-state index is -5.14. The van der Waals surface area contributed by atoms with Gasteiger partial charge in [0.25, 0.3) is 50.6 Å². The van der Waals surface area contributed by atoms with E-state index in [9.17, 15) is 70.0 Å². The lowest BCUT2D eigenvalue weighted by Gasteiger charge is -2.11. The van der Waals surface area contributed by atoms with Crippen LogP contribution in [0.15, 0.2) is 181 Å². The van der Waals surface area contributed by atoms with Gasteiger partial charge in [-0.05, 0) is 127 Å². The number of aromatic nitrogens is 3. The van der Waals surface area contributed by atoms with E-state index >= 15 is 0 Å². The number of aromatic hydroxyl groups is 1. The van der Waals surface area contributed by atoms with Crippen molar-refractivity contribution in [2.75, 3.05) is 14.2 Å². The van der Waals surface area contributed by atoms with Gasteiger partial charge in [-0.15, -0.1) is 30.7 Å². The fourth-order valence-electron chi connectivity index (χ4n) is 8.02. The van der Waals surface area contributed by atoms with Crippen molar-refractivity contribution in [1.29, 1.82) is 0 Å². The Hall–Kier alpha value is -8.97. The van der Waals surface area contributed by atoms with E-state index in [1.165, 1.54) is 62.8 Å². The Morgan fingerprint density at radius 2 is 0.927 bits per heavy atom. The first kappa shape index (κ1) is 57.7. The topological polar surface area (TPSA) is 440 Å². The molecule has 1 heterocycles. The first-order chi connectivity index (χ1) is 38.4. The highest BCUT2D eigenvalue weighted by Crippen LogP contribution is 2.45. The van der Waals surface area contributed by atoms with E-state index in [4.69, 9.17) is 9.47 Å². The average Bonchev–Trinajstić information content (AvgIpc) is 2.73. The molecule has 0 aliphatic heterocycles. The smallest absolute Gasteiger partial charge is 0.296 e. The summed E-state index contributed by atoms with van der Waals surface area (Å²) in [4.78, 5) is -3.21. The number of methoxy groups -OCH3 is 2. The van der Waals surface area contributed by atoms with E-state index in [0.29, 0.717) is 40.3 Å². The molecular formula is C48H37N11O18S5. The van der Waals surface area contributed by atoms with Gasteiger partial charge in [0.1, 0.15) is 60.0 Å². The molecule has 0 aliphatic carbocycles. The Labute approximate surface area is 463 Å². The van der Waals surface area contributed by atoms with Crippen LogP contribution in [-0.4, -0.2) is 99.2 Å². The van der Waals surface area contributed by atoms with Crippen LogP contribution < -0.4 is 9.47 Å². The monoisotopic (exact) mass is 1220 g/mol. The van der Waals surface area contributed by atoms with Crippen LogP contribution >= 0.6 is 0 Å². The SMILES string of the molecule is COc1cc(N=Nc2c(S(=O)(=O)O)cc3cc(-n4nc5ccc6c(S(=O)(=O)O)cc(S(=O)(=O)O)cc6c5n4)ccc3c2O)c(OC)cc1N=Nc1ccc(N=Nc2ccc(N=Nc3ccc(S(=O)(=O)O)cc3S(=O)(=O)O)c(C)c2)c(C)c1. The highest BCUT2D eigenvalue weighted by atomic mass is 32.2. The molecule has 0 radical (unpaired) electrons. The fourth-order valence-corrected chi connectivity index (χ4v) is 11.2. The molecule has 0 saturated carbocycles. The van der Waals surface area contributed by atoms with Crippen LogP contribution in [-0.2, 0) is 50.6 Å². The van der Waals surface area contributed by atoms with Crippen LogP contribution in [0.25, 0.3) is 38.3 Å². The Morgan fingerprint density at radius 1 is 0.427 bits per heavy atom. The number of rotatable bonds is 16. The van der Waals surface area contributed by atoms with Crippen molar-refractivity contribution in [1.82, 2.24) is 15.0 Å². The van der Waals surface area contributed by atoms with Gasteiger partial charge >= 0.3 is 0 Å². The zero-order chi connectivity index (χ0) is 59.4. The molecule has 1 aromatic heterocycles. The van der Waals surface area contributed by atoms with Crippen molar-refractivity contribution in [3.63, 3.8) is 0 Å². The van der Waals surface area contributed by atoms with Crippen LogP contribution in [0.3, 0.4) is 0 Å². The maximum Gasteiger partial charge on any atom is 0.296 e. The molecule has 0 saturated heterocycles. The molecule has 9 aromatic rings. The molecule has 0 fully saturated rings. The summed E-state index contributed by atoms with van der Waals surface area (Å²) in [5.41, 5.74) is 1.84. The van der Waals surface area contributed by atoms with E-state index in [1.54, 1.807) is 44.2 Å². The van der Waals surface area contributed by atoms with Crippen molar-refractivity contribution >= 4 is 129 Å². The molecule has 82 heavy (non-hydrogen) atoms. The lowest BCUT2D eigenvalue weighted by atomic mass is 10.1. The second-order valence-corrected chi connectivity index (χ2v) is 24.4. The Balaban J connectivity index is 0.946. The predicted octanol–water partition coefficient (Wildman–Crippen LogP) is 11.0. The summed E-state index contributed by atoms with van der Waals surface area (Å²) in [6, 6.07) is 23.9. The third-order valence-corrected chi connectivity index (χ3v) is 16.3. The minimum absolute atomic E-state index is 0.00925. The molecule has 0 amide bonds. The van der Waals surface area contributed by atoms with Gasteiger partial charge in [0.05, 0.1) is 52.4 Å².